The Morgan fingerprint density at radius 1 is 1.25 bits per heavy atom. The molecule has 1 N–H and O–H groups in total. The average Bonchev–Trinajstić information content (AvgIpc) is 2.92. The zero-order valence-electron chi connectivity index (χ0n) is 11.0. The van der Waals surface area contributed by atoms with Gasteiger partial charge >= 0.3 is 0 Å². The third-order valence-electron chi connectivity index (χ3n) is 2.98. The average molecular weight is 330 g/mol. The molecule has 0 aliphatic carbocycles. The molecule has 0 spiro atoms. The van der Waals surface area contributed by atoms with E-state index in [1.165, 1.54) is 4.88 Å². The van der Waals surface area contributed by atoms with Gasteiger partial charge in [0, 0.05) is 23.0 Å². The number of sulfone groups is 1. The summed E-state index contributed by atoms with van der Waals surface area (Å²) >= 11 is 7.43. The molecule has 20 heavy (non-hydrogen) atoms. The Kier molecular flexibility index (Phi) is 5.21. The summed E-state index contributed by atoms with van der Waals surface area (Å²) in [7, 11) is -3.31. The quantitative estimate of drug-likeness (QED) is 0.884. The number of rotatable bonds is 6. The van der Waals surface area contributed by atoms with E-state index in [-0.39, 0.29) is 0 Å². The molecule has 0 aliphatic heterocycles. The first-order chi connectivity index (χ1) is 9.50. The number of benzene rings is 1. The van der Waals surface area contributed by atoms with E-state index >= 15 is 0 Å². The second-order valence-electron chi connectivity index (χ2n) is 4.52. The van der Waals surface area contributed by atoms with Gasteiger partial charge in [-0.15, -0.1) is 11.3 Å². The molecule has 0 radical (unpaired) electrons. The minimum Gasteiger partial charge on any atom is -0.311 e. The van der Waals surface area contributed by atoms with E-state index in [2.05, 4.69) is 5.32 Å². The summed E-state index contributed by atoms with van der Waals surface area (Å²) in [5.74, 6) is 0. The molecule has 1 aromatic heterocycles. The third kappa shape index (κ3) is 3.82. The van der Waals surface area contributed by atoms with Gasteiger partial charge in [-0.25, -0.2) is 8.42 Å². The lowest BCUT2D eigenvalue weighted by Crippen LogP contribution is -2.30. The molecule has 0 fully saturated rings. The Balaban J connectivity index is 1.96. The molecule has 0 aliphatic rings. The molecule has 2 aromatic rings. The van der Waals surface area contributed by atoms with Crippen molar-refractivity contribution in [1.82, 2.24) is 5.32 Å². The van der Waals surface area contributed by atoms with Crippen LogP contribution in [0.4, 0.5) is 0 Å². The van der Waals surface area contributed by atoms with E-state index in [9.17, 15) is 8.42 Å². The van der Waals surface area contributed by atoms with Crippen LogP contribution in [0.15, 0.2) is 46.7 Å². The fraction of sp³-hybridized carbons (Fsp3) is 0.286. The van der Waals surface area contributed by atoms with E-state index in [0.29, 0.717) is 23.0 Å². The molecular weight excluding hydrogens is 314 g/mol. The zero-order chi connectivity index (χ0) is 14.6. The maximum absolute atomic E-state index is 12.4. The topological polar surface area (TPSA) is 46.2 Å². The van der Waals surface area contributed by atoms with E-state index in [1.807, 2.05) is 17.5 Å². The van der Waals surface area contributed by atoms with Crippen molar-refractivity contribution in [3.63, 3.8) is 0 Å². The molecule has 108 valence electrons. The number of thiophene rings is 1. The first-order valence-corrected chi connectivity index (χ1v) is 9.03. The molecule has 0 bridgehead atoms. The van der Waals surface area contributed by atoms with Crippen LogP contribution < -0.4 is 5.32 Å². The predicted octanol–water partition coefficient (Wildman–Crippen LogP) is 3.35. The van der Waals surface area contributed by atoms with Gasteiger partial charge in [0.1, 0.15) is 0 Å². The van der Waals surface area contributed by atoms with Gasteiger partial charge < -0.3 is 5.32 Å². The number of halogens is 1. The second kappa shape index (κ2) is 6.72. The summed E-state index contributed by atoms with van der Waals surface area (Å²) in [5.41, 5.74) is 0. The van der Waals surface area contributed by atoms with Gasteiger partial charge in [0.2, 0.25) is 0 Å². The van der Waals surface area contributed by atoms with Crippen molar-refractivity contribution in [3.8, 4) is 0 Å². The summed E-state index contributed by atoms with van der Waals surface area (Å²) in [5, 5.41) is 5.24. The summed E-state index contributed by atoms with van der Waals surface area (Å²) in [6.45, 7) is 2.83. The van der Waals surface area contributed by atoms with Crippen LogP contribution in [0.25, 0.3) is 0 Å². The molecule has 3 nitrogen and oxygen atoms in total. The van der Waals surface area contributed by atoms with Crippen molar-refractivity contribution >= 4 is 32.8 Å². The Morgan fingerprint density at radius 3 is 2.55 bits per heavy atom. The molecule has 0 amide bonds. The second-order valence-corrected chi connectivity index (χ2v) is 8.35. The highest BCUT2D eigenvalue weighted by Gasteiger charge is 2.22. The van der Waals surface area contributed by atoms with Crippen molar-refractivity contribution in [2.45, 2.75) is 23.6 Å². The number of hydrogen-bond donors (Lipinski definition) is 1. The SMILES string of the molecule is CC(CNCc1cccs1)S(=O)(=O)c1ccc(Cl)cc1. The van der Waals surface area contributed by atoms with E-state index in [4.69, 9.17) is 11.6 Å². The van der Waals surface area contributed by atoms with E-state index in [1.54, 1.807) is 42.5 Å². The Morgan fingerprint density at radius 2 is 1.95 bits per heavy atom. The van der Waals surface area contributed by atoms with Gasteiger partial charge in [-0.05, 0) is 42.6 Å². The highest BCUT2D eigenvalue weighted by molar-refractivity contribution is 7.92. The van der Waals surface area contributed by atoms with Gasteiger partial charge in [-0.3, -0.25) is 0 Å². The molecule has 1 unspecified atom stereocenters. The van der Waals surface area contributed by atoms with Crippen molar-refractivity contribution in [2.24, 2.45) is 0 Å². The molecule has 1 atom stereocenters. The molecule has 1 heterocycles. The highest BCUT2D eigenvalue weighted by Crippen LogP contribution is 2.18. The molecule has 6 heteroatoms. The lowest BCUT2D eigenvalue weighted by Gasteiger charge is -2.13. The minimum absolute atomic E-state index is 0.312. The largest absolute Gasteiger partial charge is 0.311 e. The lowest BCUT2D eigenvalue weighted by atomic mass is 10.4. The molecule has 1 aromatic carbocycles. The van der Waals surface area contributed by atoms with E-state index in [0.717, 1.165) is 0 Å². The van der Waals surface area contributed by atoms with Crippen LogP contribution >= 0.6 is 22.9 Å². The Labute approximate surface area is 128 Å². The van der Waals surface area contributed by atoms with Crippen LogP contribution in [0.3, 0.4) is 0 Å². The lowest BCUT2D eigenvalue weighted by molar-refractivity contribution is 0.572. The smallest absolute Gasteiger partial charge is 0.182 e. The fourth-order valence-corrected chi connectivity index (χ4v) is 3.90. The summed E-state index contributed by atoms with van der Waals surface area (Å²) in [6, 6.07) is 10.3. The zero-order valence-corrected chi connectivity index (χ0v) is 13.4. The maximum Gasteiger partial charge on any atom is 0.182 e. The molecular formula is C14H16ClNO2S2. The van der Waals surface area contributed by atoms with Crippen molar-refractivity contribution < 1.29 is 8.42 Å². The van der Waals surface area contributed by atoms with Crippen LogP contribution in [-0.4, -0.2) is 20.2 Å². The maximum atomic E-state index is 12.4. The first-order valence-electron chi connectivity index (χ1n) is 6.22. The van der Waals surface area contributed by atoms with Crippen LogP contribution in [0.2, 0.25) is 5.02 Å². The van der Waals surface area contributed by atoms with Crippen LogP contribution in [0, 0.1) is 0 Å². The third-order valence-corrected chi connectivity index (χ3v) is 6.27. The van der Waals surface area contributed by atoms with Gasteiger partial charge in [0.25, 0.3) is 0 Å². The van der Waals surface area contributed by atoms with Crippen LogP contribution in [0.5, 0.6) is 0 Å². The number of nitrogens with one attached hydrogen (secondary N) is 1. The standard InChI is InChI=1S/C14H16ClNO2S2/c1-11(9-16-10-13-3-2-8-19-13)20(17,18)14-6-4-12(15)5-7-14/h2-8,11,16H,9-10H2,1H3. The van der Waals surface area contributed by atoms with Gasteiger partial charge in [0.05, 0.1) is 10.1 Å². The minimum atomic E-state index is -3.31. The van der Waals surface area contributed by atoms with Crippen molar-refractivity contribution in [2.75, 3.05) is 6.54 Å². The summed E-state index contributed by atoms with van der Waals surface area (Å²) in [6.07, 6.45) is 0. The fourth-order valence-electron chi connectivity index (χ4n) is 1.78. The first kappa shape index (κ1) is 15.5. The normalized spacial score (nSPS) is 13.3. The van der Waals surface area contributed by atoms with E-state index < -0.39 is 15.1 Å². The van der Waals surface area contributed by atoms with Gasteiger partial charge in [0.15, 0.2) is 9.84 Å². The van der Waals surface area contributed by atoms with Crippen molar-refractivity contribution in [3.05, 3.63) is 51.7 Å². The molecule has 2 rings (SSSR count). The van der Waals surface area contributed by atoms with Crippen LogP contribution in [0.1, 0.15) is 11.8 Å². The van der Waals surface area contributed by atoms with Crippen LogP contribution in [-0.2, 0) is 16.4 Å². The van der Waals surface area contributed by atoms with Gasteiger partial charge in [-0.1, -0.05) is 17.7 Å². The molecule has 0 saturated carbocycles. The highest BCUT2D eigenvalue weighted by atomic mass is 35.5. The number of hydrogen-bond acceptors (Lipinski definition) is 4. The monoisotopic (exact) mass is 329 g/mol. The van der Waals surface area contributed by atoms with Gasteiger partial charge in [-0.2, -0.15) is 0 Å². The molecule has 0 saturated heterocycles. The Bertz CT molecular complexity index is 636. The predicted molar refractivity (Wildman–Crippen MR) is 84.1 cm³/mol. The van der Waals surface area contributed by atoms with Crippen molar-refractivity contribution in [1.29, 1.82) is 0 Å². The summed E-state index contributed by atoms with van der Waals surface area (Å²) < 4.78 is 24.7. The summed E-state index contributed by atoms with van der Waals surface area (Å²) in [4.78, 5) is 1.51. The Hall–Kier alpha value is -0.880.